The Morgan fingerprint density at radius 3 is 0.754 bits per heavy atom. The van der Waals surface area contributed by atoms with Gasteiger partial charge in [-0.3, -0.25) is 0 Å². The third kappa shape index (κ3) is 14.8. The molecule has 4 nitrogen and oxygen atoms in total. The van der Waals surface area contributed by atoms with E-state index in [9.17, 15) is 0 Å². The van der Waals surface area contributed by atoms with Gasteiger partial charge in [0.25, 0.3) is 6.71 Å². The van der Waals surface area contributed by atoms with Gasteiger partial charge in [0.1, 0.15) is 0 Å². The van der Waals surface area contributed by atoms with Crippen molar-refractivity contribution in [3.05, 3.63) is 463 Å². The molecular formula is C126H112BClN4Si2. The highest BCUT2D eigenvalue weighted by atomic mass is 35.5. The third-order valence-corrected chi connectivity index (χ3v) is 38.4. The van der Waals surface area contributed by atoms with Crippen LogP contribution < -0.4 is 77.5 Å². The number of hydrogen-bond acceptors (Lipinski definition) is 4. The summed E-state index contributed by atoms with van der Waals surface area (Å²) in [5.41, 5.74) is 34.5. The van der Waals surface area contributed by atoms with Crippen LogP contribution in [0, 0.1) is 13.8 Å². The van der Waals surface area contributed by atoms with Gasteiger partial charge in [-0.05, 0) is 258 Å². The summed E-state index contributed by atoms with van der Waals surface area (Å²) in [4.78, 5) is 10.2. The molecule has 0 unspecified atom stereocenters. The third-order valence-electron chi connectivity index (χ3n) is 28.4. The predicted octanol–water partition coefficient (Wildman–Crippen LogP) is 26.9. The van der Waals surface area contributed by atoms with Gasteiger partial charge >= 0.3 is 0 Å². The highest BCUT2D eigenvalue weighted by molar-refractivity contribution is 7.27. The van der Waals surface area contributed by atoms with E-state index in [1.807, 2.05) is 0 Å². The molecule has 18 aromatic carbocycles. The summed E-state index contributed by atoms with van der Waals surface area (Å²) < 4.78 is 0. The lowest BCUT2D eigenvalue weighted by Crippen LogP contribution is -2.88. The zero-order valence-electron chi connectivity index (χ0n) is 79.2. The van der Waals surface area contributed by atoms with Crippen molar-refractivity contribution in [3.8, 4) is 44.5 Å². The molecule has 22 rings (SSSR count). The van der Waals surface area contributed by atoms with Gasteiger partial charge in [-0.25, -0.2) is 0 Å². The molecule has 0 saturated carbocycles. The van der Waals surface area contributed by atoms with Gasteiger partial charge in [0.2, 0.25) is 0 Å². The number of nitrogens with zero attached hydrogens (tertiary/aromatic N) is 4. The second-order valence-corrected chi connectivity index (χ2v) is 49.0. The van der Waals surface area contributed by atoms with E-state index in [0.29, 0.717) is 5.02 Å². The zero-order chi connectivity index (χ0) is 92.3. The van der Waals surface area contributed by atoms with Crippen molar-refractivity contribution < 1.29 is 0 Å². The highest BCUT2D eigenvalue weighted by Gasteiger charge is 2.57. The smallest absolute Gasteiger partial charge is 0.251 e. The van der Waals surface area contributed by atoms with Crippen molar-refractivity contribution in [3.63, 3.8) is 0 Å². The molecule has 0 atom stereocenters. The first-order valence-corrected chi connectivity index (χ1v) is 51.8. The Morgan fingerprint density at radius 2 is 0.463 bits per heavy atom. The van der Waals surface area contributed by atoms with E-state index in [1.54, 1.807) is 0 Å². The van der Waals surface area contributed by atoms with E-state index in [4.69, 9.17) is 11.6 Å². The molecule has 18 aromatic rings. The fourth-order valence-corrected chi connectivity index (χ4v) is 32.3. The first-order chi connectivity index (χ1) is 64.8. The van der Waals surface area contributed by atoms with Crippen LogP contribution in [0.1, 0.15) is 116 Å². The van der Waals surface area contributed by atoms with Crippen LogP contribution in [0.4, 0.5) is 68.2 Å². The summed E-state index contributed by atoms with van der Waals surface area (Å²) >= 11 is 8.20. The summed E-state index contributed by atoms with van der Waals surface area (Å²) in [5.74, 6) is 0. The number of halogens is 1. The maximum absolute atomic E-state index is 8.20. The molecule has 0 fully saturated rings. The summed E-state index contributed by atoms with van der Waals surface area (Å²) in [6.45, 7) is 32.2. The topological polar surface area (TPSA) is 13.0 Å². The standard InChI is InChI=1S/C63H55BN2Si.C63H57ClN2Si/c1-42-38-55-59-56(39-42)66(52-37-35-46(63(5,6)7)41-50(52)44-24-14-9-15-25-44)54-31-21-33-58-61(54)64(59)60-53(65(55)51-36-34-45(62(2,3)4)40-49(51)43-22-12-8-13-23-43)30-20-32-57(60)67(58,47-26-16-10-17-27-47)48-28-18-11-19-29-48;1-44-38-59-61(64)60(39-44)66(58-37-35-48(63(5,6)7)41-56(58)46-24-14-9-15-25-46)50-27-21-33-54(43-50)67(51-28-16-10-17-29-51,52-30-18-11-19-31-52)53-32-20-26-49(42-53)65(59)57-36-34-47(62(2,3)4)40-55(57)45-22-12-8-13-23-45/h8-41H,1-7H3;8-43H,1-7H3. The molecule has 654 valence electrons. The van der Waals surface area contributed by atoms with E-state index in [1.165, 1.54) is 142 Å². The summed E-state index contributed by atoms with van der Waals surface area (Å²) in [7, 11) is -6.07. The average molecular weight is 1780 g/mol. The molecule has 0 aliphatic carbocycles. The molecular weight excluding hydrogens is 1670 g/mol. The van der Waals surface area contributed by atoms with Crippen LogP contribution in [0.15, 0.2) is 425 Å². The minimum absolute atomic E-state index is 0.0200. The second-order valence-electron chi connectivity index (χ2n) is 41.0. The lowest BCUT2D eigenvalue weighted by molar-refractivity contribution is 0.590. The monoisotopic (exact) mass is 1780 g/mol. The Labute approximate surface area is 800 Å². The van der Waals surface area contributed by atoms with Gasteiger partial charge in [-0.15, -0.1) is 0 Å². The molecule has 8 heteroatoms. The predicted molar refractivity (Wildman–Crippen MR) is 582 cm³/mol. The van der Waals surface area contributed by atoms with Crippen molar-refractivity contribution in [1.82, 2.24) is 0 Å². The van der Waals surface area contributed by atoms with Crippen molar-refractivity contribution in [2.45, 2.75) is 119 Å². The molecule has 6 bridgehead atoms. The van der Waals surface area contributed by atoms with Crippen LogP contribution in [0.3, 0.4) is 0 Å². The molecule has 4 aliphatic rings. The maximum atomic E-state index is 8.20. The van der Waals surface area contributed by atoms with Crippen LogP contribution in [-0.4, -0.2) is 22.9 Å². The molecule has 0 N–H and O–H groups in total. The van der Waals surface area contributed by atoms with Crippen molar-refractivity contribution >= 4 is 161 Å². The molecule has 0 aromatic heterocycles. The lowest BCUT2D eigenvalue weighted by atomic mass is 9.33. The fourth-order valence-electron chi connectivity index (χ4n) is 21.9. The van der Waals surface area contributed by atoms with Gasteiger partial charge in [0, 0.05) is 56.4 Å². The minimum Gasteiger partial charge on any atom is -0.311 e. The Morgan fingerprint density at radius 1 is 0.209 bits per heavy atom. The zero-order valence-corrected chi connectivity index (χ0v) is 81.9. The molecule has 4 aliphatic heterocycles. The van der Waals surface area contributed by atoms with E-state index < -0.39 is 16.1 Å². The first-order valence-electron chi connectivity index (χ1n) is 47.4. The molecule has 4 heterocycles. The van der Waals surface area contributed by atoms with E-state index in [0.717, 1.165) is 61.9 Å². The Bertz CT molecular complexity index is 7070. The number of aryl methyl sites for hydroxylation is 2. The van der Waals surface area contributed by atoms with Crippen LogP contribution in [0.5, 0.6) is 0 Å². The number of fused-ring (bicyclic) bond motifs is 6. The number of benzene rings is 18. The van der Waals surface area contributed by atoms with Crippen LogP contribution in [0.25, 0.3) is 44.5 Å². The van der Waals surface area contributed by atoms with Crippen LogP contribution in [0.2, 0.25) is 5.02 Å². The number of hydrogen-bond donors (Lipinski definition) is 0. The van der Waals surface area contributed by atoms with Crippen LogP contribution >= 0.6 is 11.6 Å². The van der Waals surface area contributed by atoms with E-state index >= 15 is 0 Å². The van der Waals surface area contributed by atoms with Crippen molar-refractivity contribution in [2.75, 3.05) is 19.6 Å². The van der Waals surface area contributed by atoms with Gasteiger partial charge in [-0.2, -0.15) is 0 Å². The molecule has 0 spiro atoms. The normalized spacial score (nSPS) is 13.8. The van der Waals surface area contributed by atoms with Gasteiger partial charge in [0.05, 0.1) is 39.1 Å². The summed E-state index contributed by atoms with van der Waals surface area (Å²) in [6.07, 6.45) is 0. The highest BCUT2D eigenvalue weighted by Crippen LogP contribution is 2.55. The SMILES string of the molecule is Cc1cc2c(Cl)c(c1)N(c1ccc(C(C)(C)C)cc1-c1ccccc1)c1cccc(c1)[Si](c1ccccc1)(c1ccccc1)c1cccc(c1)N2c1ccc(C(C)(C)C)cc1-c1ccccc1.Cc1cc2c3c(c1)N(c1ccc(C(C)(C)C)cc1-c1ccccc1)c1cccc4c1B3c1c(cccc1[Si]4(c1ccccc1)c1ccccc1)N2c1ccc(C(C)(C)C)cc1-c1ccccc1. The Balaban J connectivity index is 0.000000161. The molecule has 0 radical (unpaired) electrons. The largest absolute Gasteiger partial charge is 0.311 e. The lowest BCUT2D eigenvalue weighted by Gasteiger charge is -2.52. The minimum atomic E-state index is -3.07. The molecule has 134 heavy (non-hydrogen) atoms. The van der Waals surface area contributed by atoms with Crippen molar-refractivity contribution in [1.29, 1.82) is 0 Å². The number of anilines is 12. The molecule has 0 amide bonds. The van der Waals surface area contributed by atoms with Gasteiger partial charge < -0.3 is 19.6 Å². The maximum Gasteiger partial charge on any atom is 0.251 e. The summed E-state index contributed by atoms with van der Waals surface area (Å²) in [5, 5.41) is 11.6. The molecule has 0 saturated heterocycles. The Hall–Kier alpha value is -14.1. The van der Waals surface area contributed by atoms with Crippen molar-refractivity contribution in [2.24, 2.45) is 0 Å². The quantitative estimate of drug-likeness (QED) is 0.113. The van der Waals surface area contributed by atoms with E-state index in [-0.39, 0.29) is 28.4 Å². The van der Waals surface area contributed by atoms with E-state index in [2.05, 4.69) is 541 Å². The van der Waals surface area contributed by atoms with Crippen LogP contribution in [-0.2, 0) is 21.7 Å². The second kappa shape index (κ2) is 33.9. The first kappa shape index (κ1) is 86.7. The number of rotatable bonds is 12. The fraction of sp³-hybridized carbons (Fsp3) is 0.143. The van der Waals surface area contributed by atoms with Gasteiger partial charge in [-0.1, -0.05) is 410 Å². The Kier molecular flexibility index (Phi) is 21.9. The summed E-state index contributed by atoms with van der Waals surface area (Å²) in [6, 6.07) is 161. The van der Waals surface area contributed by atoms with Gasteiger partial charge in [0.15, 0.2) is 16.1 Å². The average Bonchev–Trinajstić information content (AvgIpc) is 0.659.